The number of fused-ring (bicyclic) bond motifs is 1. The molecule has 37 heavy (non-hydrogen) atoms. The normalized spacial score (nSPS) is 14.6. The SMILES string of the molecule is COc1cc([C@H]2c3c(-c4cc(Cl)c(C)cc4O)n[nH]c3C(=O)N2CCO)ccc1OCc1ccccc1. The quantitative estimate of drug-likeness (QED) is 0.306. The molecule has 0 saturated carbocycles. The molecular weight excluding hydrogens is 494 g/mol. The number of aryl methyl sites for hydroxylation is 1. The van der Waals surface area contributed by atoms with Gasteiger partial charge in [-0.25, -0.2) is 0 Å². The average molecular weight is 520 g/mol. The van der Waals surface area contributed by atoms with E-state index in [-0.39, 0.29) is 24.8 Å². The number of phenols is 1. The molecule has 1 aromatic heterocycles. The molecule has 0 aliphatic carbocycles. The first kappa shape index (κ1) is 24.7. The lowest BCUT2D eigenvalue weighted by molar-refractivity contribution is 0.0706. The average Bonchev–Trinajstić information content (AvgIpc) is 3.44. The zero-order valence-corrected chi connectivity index (χ0v) is 21.1. The van der Waals surface area contributed by atoms with Gasteiger partial charge in [-0.2, -0.15) is 5.10 Å². The molecule has 0 saturated heterocycles. The number of aromatic hydroxyl groups is 1. The second-order valence-corrected chi connectivity index (χ2v) is 9.20. The number of aromatic amines is 1. The predicted molar refractivity (Wildman–Crippen MR) is 139 cm³/mol. The first-order valence-electron chi connectivity index (χ1n) is 11.8. The third-order valence-electron chi connectivity index (χ3n) is 6.48. The largest absolute Gasteiger partial charge is 0.507 e. The van der Waals surface area contributed by atoms with Gasteiger partial charge < -0.3 is 24.6 Å². The van der Waals surface area contributed by atoms with E-state index in [1.807, 2.05) is 42.5 Å². The number of carbonyl (C=O) groups excluding carboxylic acids is 1. The number of benzene rings is 3. The van der Waals surface area contributed by atoms with Gasteiger partial charge >= 0.3 is 0 Å². The lowest BCUT2D eigenvalue weighted by Gasteiger charge is -2.26. The van der Waals surface area contributed by atoms with Gasteiger partial charge in [-0.15, -0.1) is 0 Å². The molecule has 0 bridgehead atoms. The van der Waals surface area contributed by atoms with Gasteiger partial charge in [-0.05, 0) is 47.9 Å². The number of aliphatic hydroxyl groups is 1. The van der Waals surface area contributed by atoms with Crippen LogP contribution >= 0.6 is 11.6 Å². The molecule has 8 nitrogen and oxygen atoms in total. The molecule has 3 N–H and O–H groups in total. The Hall–Kier alpha value is -4.01. The van der Waals surface area contributed by atoms with E-state index in [2.05, 4.69) is 10.2 Å². The van der Waals surface area contributed by atoms with E-state index in [0.29, 0.717) is 45.6 Å². The summed E-state index contributed by atoms with van der Waals surface area (Å²) in [5.74, 6) is 0.771. The number of halogens is 1. The van der Waals surface area contributed by atoms with Gasteiger partial charge in [0.05, 0.1) is 19.8 Å². The highest BCUT2D eigenvalue weighted by Gasteiger charge is 2.42. The van der Waals surface area contributed by atoms with Crippen LogP contribution in [0.1, 0.15) is 38.8 Å². The molecule has 0 fully saturated rings. The number of aliphatic hydroxyl groups excluding tert-OH is 1. The summed E-state index contributed by atoms with van der Waals surface area (Å²) < 4.78 is 11.6. The number of β-amino-alcohol motifs (C(OH)–C–C–N with tert-alkyl or cyclic N) is 1. The second kappa shape index (κ2) is 10.2. The van der Waals surface area contributed by atoms with Crippen molar-refractivity contribution in [2.75, 3.05) is 20.3 Å². The minimum Gasteiger partial charge on any atom is -0.507 e. The highest BCUT2D eigenvalue weighted by Crippen LogP contribution is 2.46. The number of methoxy groups -OCH3 is 1. The number of nitrogens with one attached hydrogen (secondary N) is 1. The number of hydrogen-bond acceptors (Lipinski definition) is 6. The van der Waals surface area contributed by atoms with Crippen molar-refractivity contribution < 1.29 is 24.5 Å². The first-order valence-corrected chi connectivity index (χ1v) is 12.1. The Bertz CT molecular complexity index is 1450. The molecule has 3 aromatic carbocycles. The van der Waals surface area contributed by atoms with Crippen LogP contribution in [0.4, 0.5) is 0 Å². The Labute approximate surface area is 219 Å². The maximum absolute atomic E-state index is 13.3. The summed E-state index contributed by atoms with van der Waals surface area (Å²) in [7, 11) is 1.56. The van der Waals surface area contributed by atoms with Gasteiger partial charge in [0.2, 0.25) is 0 Å². The van der Waals surface area contributed by atoms with Crippen LogP contribution < -0.4 is 9.47 Å². The molecule has 4 aromatic rings. The minimum absolute atomic E-state index is 0.00486. The van der Waals surface area contributed by atoms with Crippen LogP contribution in [0.5, 0.6) is 17.2 Å². The summed E-state index contributed by atoms with van der Waals surface area (Å²) in [4.78, 5) is 14.9. The number of hydrogen-bond donors (Lipinski definition) is 3. The highest BCUT2D eigenvalue weighted by molar-refractivity contribution is 6.31. The van der Waals surface area contributed by atoms with Gasteiger partial charge in [0.15, 0.2) is 11.5 Å². The molecular formula is C28H26ClN3O5. The number of aromatic nitrogens is 2. The smallest absolute Gasteiger partial charge is 0.273 e. The van der Waals surface area contributed by atoms with Crippen LogP contribution in [0.15, 0.2) is 60.7 Å². The van der Waals surface area contributed by atoms with Crippen LogP contribution in [-0.2, 0) is 6.61 Å². The number of nitrogens with zero attached hydrogens (tertiary/aromatic N) is 2. The van der Waals surface area contributed by atoms with E-state index >= 15 is 0 Å². The van der Waals surface area contributed by atoms with E-state index < -0.39 is 6.04 Å². The van der Waals surface area contributed by atoms with Crippen LogP contribution in [0.25, 0.3) is 11.3 Å². The van der Waals surface area contributed by atoms with Gasteiger partial charge in [-0.3, -0.25) is 9.89 Å². The highest BCUT2D eigenvalue weighted by atomic mass is 35.5. The number of amides is 1. The second-order valence-electron chi connectivity index (χ2n) is 8.79. The van der Waals surface area contributed by atoms with E-state index in [4.69, 9.17) is 21.1 Å². The van der Waals surface area contributed by atoms with E-state index in [1.54, 1.807) is 37.1 Å². The molecule has 2 heterocycles. The molecule has 0 radical (unpaired) electrons. The summed E-state index contributed by atoms with van der Waals surface area (Å²) in [5.41, 5.74) is 4.20. The fourth-order valence-electron chi connectivity index (χ4n) is 4.65. The topological polar surface area (TPSA) is 108 Å². The number of H-pyrrole nitrogens is 1. The van der Waals surface area contributed by atoms with Gasteiger partial charge in [0.1, 0.15) is 23.7 Å². The molecule has 1 aliphatic rings. The summed E-state index contributed by atoms with van der Waals surface area (Å²) in [5, 5.41) is 28.1. The lowest BCUT2D eigenvalue weighted by Crippen LogP contribution is -2.32. The molecule has 1 aliphatic heterocycles. The number of rotatable bonds is 8. The van der Waals surface area contributed by atoms with Crippen LogP contribution in [0, 0.1) is 6.92 Å². The molecule has 9 heteroatoms. The summed E-state index contributed by atoms with van der Waals surface area (Å²) in [6, 6.07) is 17.9. The van der Waals surface area contributed by atoms with Gasteiger partial charge in [0.25, 0.3) is 5.91 Å². The number of phenolic OH excluding ortho intramolecular Hbond substituents is 1. The van der Waals surface area contributed by atoms with Crippen molar-refractivity contribution in [1.29, 1.82) is 0 Å². The van der Waals surface area contributed by atoms with Crippen molar-refractivity contribution in [3.05, 3.63) is 93.6 Å². The number of ether oxygens (including phenoxy) is 2. The molecule has 5 rings (SSSR count). The van der Waals surface area contributed by atoms with Crippen LogP contribution in [0.2, 0.25) is 5.02 Å². The van der Waals surface area contributed by atoms with Crippen molar-refractivity contribution in [3.63, 3.8) is 0 Å². The first-order chi connectivity index (χ1) is 17.9. The Morgan fingerprint density at radius 3 is 2.62 bits per heavy atom. The Morgan fingerprint density at radius 2 is 1.89 bits per heavy atom. The van der Waals surface area contributed by atoms with E-state index in [1.165, 1.54) is 0 Å². The van der Waals surface area contributed by atoms with Crippen LogP contribution in [0.3, 0.4) is 0 Å². The fourth-order valence-corrected chi connectivity index (χ4v) is 4.82. The minimum atomic E-state index is -0.583. The van der Waals surface area contributed by atoms with E-state index in [9.17, 15) is 15.0 Å². The fraction of sp³-hybridized carbons (Fsp3) is 0.214. The standard InChI is InChI=1S/C28H26ClN3O5/c1-16-12-21(34)19(14-20(16)29)25-24-26(31-30-25)28(35)32(10-11-33)27(24)18-8-9-22(23(13-18)36-2)37-15-17-6-4-3-5-7-17/h3-9,12-14,27,33-34H,10-11,15H2,1-2H3,(H,30,31)/t27-/m0/s1. The maximum Gasteiger partial charge on any atom is 0.273 e. The summed E-state index contributed by atoms with van der Waals surface area (Å²) >= 11 is 6.36. The van der Waals surface area contributed by atoms with Crippen LogP contribution in [-0.4, -0.2) is 51.5 Å². The van der Waals surface area contributed by atoms with Crippen molar-refractivity contribution in [2.45, 2.75) is 19.6 Å². The predicted octanol–water partition coefficient (Wildman–Crippen LogP) is 4.87. The molecule has 1 atom stereocenters. The summed E-state index contributed by atoms with van der Waals surface area (Å²) in [6.07, 6.45) is 0. The van der Waals surface area contributed by atoms with Crippen molar-refractivity contribution >= 4 is 17.5 Å². The van der Waals surface area contributed by atoms with Crippen molar-refractivity contribution in [2.24, 2.45) is 0 Å². The summed E-state index contributed by atoms with van der Waals surface area (Å²) in [6.45, 7) is 2.06. The number of carbonyl (C=O) groups is 1. The van der Waals surface area contributed by atoms with Crippen molar-refractivity contribution in [1.82, 2.24) is 15.1 Å². The van der Waals surface area contributed by atoms with Crippen molar-refractivity contribution in [3.8, 4) is 28.5 Å². The third kappa shape index (κ3) is 4.50. The molecule has 190 valence electrons. The zero-order chi connectivity index (χ0) is 26.1. The lowest BCUT2D eigenvalue weighted by atomic mass is 9.95. The Kier molecular flexibility index (Phi) is 6.78. The molecule has 0 unspecified atom stereocenters. The molecule has 1 amide bonds. The zero-order valence-electron chi connectivity index (χ0n) is 20.4. The Morgan fingerprint density at radius 1 is 1.11 bits per heavy atom. The maximum atomic E-state index is 13.3. The third-order valence-corrected chi connectivity index (χ3v) is 6.88. The van der Waals surface area contributed by atoms with Gasteiger partial charge in [-0.1, -0.05) is 48.0 Å². The monoisotopic (exact) mass is 519 g/mol. The van der Waals surface area contributed by atoms with E-state index in [0.717, 1.165) is 16.7 Å². The van der Waals surface area contributed by atoms with Gasteiger partial charge in [0, 0.05) is 22.7 Å². The Balaban J connectivity index is 1.57. The molecule has 0 spiro atoms.